The molecule has 0 bridgehead atoms. The van der Waals surface area contributed by atoms with Gasteiger partial charge in [-0.15, -0.1) is 0 Å². The summed E-state index contributed by atoms with van der Waals surface area (Å²) in [6.07, 6.45) is -0.763. The van der Waals surface area contributed by atoms with Crippen molar-refractivity contribution in [2.75, 3.05) is 17.1 Å². The van der Waals surface area contributed by atoms with E-state index in [0.29, 0.717) is 27.9 Å². The van der Waals surface area contributed by atoms with Gasteiger partial charge in [0.25, 0.3) is 15.9 Å². The van der Waals surface area contributed by atoms with Crippen molar-refractivity contribution in [3.05, 3.63) is 77.8 Å². The maximum atomic E-state index is 12.5. The van der Waals surface area contributed by atoms with E-state index in [-0.39, 0.29) is 10.8 Å². The first kappa shape index (κ1) is 22.5. The molecule has 0 saturated carbocycles. The molecule has 2 N–H and O–H groups in total. The number of halogens is 1. The number of hydrogen-bond acceptors (Lipinski definition) is 5. The van der Waals surface area contributed by atoms with Crippen LogP contribution in [0.3, 0.4) is 0 Å². The van der Waals surface area contributed by atoms with Crippen molar-refractivity contribution in [2.45, 2.75) is 17.9 Å². The zero-order valence-electron chi connectivity index (χ0n) is 16.8. The molecule has 0 saturated heterocycles. The second-order valence-electron chi connectivity index (χ2n) is 6.57. The second kappa shape index (κ2) is 9.72. The molecule has 7 nitrogen and oxygen atoms in total. The molecule has 0 fully saturated rings. The molecule has 0 heterocycles. The summed E-state index contributed by atoms with van der Waals surface area (Å²) < 4.78 is 38.2. The van der Waals surface area contributed by atoms with Gasteiger partial charge in [0.05, 0.1) is 17.7 Å². The van der Waals surface area contributed by atoms with Gasteiger partial charge in [-0.25, -0.2) is 8.42 Å². The molecular weight excluding hydrogens is 440 g/mol. The summed E-state index contributed by atoms with van der Waals surface area (Å²) in [6.45, 7) is 1.62. The van der Waals surface area contributed by atoms with Gasteiger partial charge in [0.1, 0.15) is 11.5 Å². The zero-order chi connectivity index (χ0) is 22.4. The van der Waals surface area contributed by atoms with Crippen LogP contribution in [0.5, 0.6) is 11.5 Å². The van der Waals surface area contributed by atoms with Gasteiger partial charge in [-0.05, 0) is 73.7 Å². The molecule has 0 aliphatic heterocycles. The molecule has 31 heavy (non-hydrogen) atoms. The Kier molecular flexibility index (Phi) is 7.04. The Labute approximate surface area is 186 Å². The number of carbonyl (C=O) groups excluding carboxylic acids is 1. The molecule has 0 aromatic heterocycles. The molecule has 1 amide bonds. The molecule has 162 valence electrons. The number of anilines is 2. The third-order valence-electron chi connectivity index (χ3n) is 4.25. The van der Waals surface area contributed by atoms with Gasteiger partial charge in [-0.1, -0.05) is 17.7 Å². The Balaban J connectivity index is 1.61. The average Bonchev–Trinajstić information content (AvgIpc) is 2.74. The van der Waals surface area contributed by atoms with E-state index >= 15 is 0 Å². The molecule has 3 rings (SSSR count). The highest BCUT2D eigenvalue weighted by Crippen LogP contribution is 2.22. The van der Waals surface area contributed by atoms with Crippen molar-refractivity contribution in [1.29, 1.82) is 0 Å². The van der Waals surface area contributed by atoms with E-state index in [9.17, 15) is 13.2 Å². The fourth-order valence-electron chi connectivity index (χ4n) is 2.64. The molecule has 0 radical (unpaired) electrons. The highest BCUT2D eigenvalue weighted by atomic mass is 35.5. The van der Waals surface area contributed by atoms with E-state index in [4.69, 9.17) is 21.1 Å². The maximum absolute atomic E-state index is 12.5. The quantitative estimate of drug-likeness (QED) is 0.514. The average molecular weight is 461 g/mol. The van der Waals surface area contributed by atoms with Crippen LogP contribution in [0.2, 0.25) is 5.02 Å². The van der Waals surface area contributed by atoms with Crippen LogP contribution in [0.15, 0.2) is 77.7 Å². The number of nitrogens with one attached hydrogen (secondary N) is 2. The normalized spacial score (nSPS) is 12.0. The summed E-state index contributed by atoms with van der Waals surface area (Å²) in [5.41, 5.74) is 0.797. The van der Waals surface area contributed by atoms with Crippen molar-refractivity contribution in [3.63, 3.8) is 0 Å². The highest BCUT2D eigenvalue weighted by Gasteiger charge is 2.17. The number of hydrogen-bond donors (Lipinski definition) is 2. The van der Waals surface area contributed by atoms with Gasteiger partial charge in [0.15, 0.2) is 6.10 Å². The lowest BCUT2D eigenvalue weighted by atomic mass is 10.3. The van der Waals surface area contributed by atoms with Crippen LogP contribution in [0.1, 0.15) is 6.92 Å². The third-order valence-corrected chi connectivity index (χ3v) is 5.88. The Hall–Kier alpha value is -3.23. The van der Waals surface area contributed by atoms with Crippen molar-refractivity contribution < 1.29 is 22.7 Å². The Morgan fingerprint density at radius 3 is 2.19 bits per heavy atom. The predicted molar refractivity (Wildman–Crippen MR) is 120 cm³/mol. The molecular formula is C22H21ClN2O5S. The Morgan fingerprint density at radius 1 is 0.935 bits per heavy atom. The maximum Gasteiger partial charge on any atom is 0.265 e. The molecule has 1 unspecified atom stereocenters. The molecule has 3 aromatic carbocycles. The minimum absolute atomic E-state index is 0.0491. The summed E-state index contributed by atoms with van der Waals surface area (Å²) in [5, 5.41) is 3.12. The largest absolute Gasteiger partial charge is 0.497 e. The topological polar surface area (TPSA) is 93.7 Å². The van der Waals surface area contributed by atoms with Gasteiger partial charge in [-0.3, -0.25) is 9.52 Å². The minimum atomic E-state index is -3.79. The van der Waals surface area contributed by atoms with Gasteiger partial charge in [0.2, 0.25) is 0 Å². The van der Waals surface area contributed by atoms with Crippen LogP contribution >= 0.6 is 11.6 Å². The summed E-state index contributed by atoms with van der Waals surface area (Å²) in [5.74, 6) is 0.838. The Bertz CT molecular complexity index is 1150. The van der Waals surface area contributed by atoms with Crippen molar-refractivity contribution in [2.24, 2.45) is 0 Å². The molecule has 0 aliphatic carbocycles. The number of benzene rings is 3. The van der Waals surface area contributed by atoms with Crippen LogP contribution in [0.25, 0.3) is 0 Å². The van der Waals surface area contributed by atoms with Crippen molar-refractivity contribution in [1.82, 2.24) is 0 Å². The fourth-order valence-corrected chi connectivity index (χ4v) is 3.88. The van der Waals surface area contributed by atoms with Crippen LogP contribution in [0.4, 0.5) is 11.4 Å². The van der Waals surface area contributed by atoms with E-state index in [0.717, 1.165) is 0 Å². The number of rotatable bonds is 8. The fraction of sp³-hybridized carbons (Fsp3) is 0.136. The van der Waals surface area contributed by atoms with Gasteiger partial charge in [-0.2, -0.15) is 0 Å². The van der Waals surface area contributed by atoms with E-state index < -0.39 is 16.1 Å². The molecule has 1 atom stereocenters. The van der Waals surface area contributed by atoms with E-state index in [1.807, 2.05) is 0 Å². The van der Waals surface area contributed by atoms with Crippen LogP contribution in [-0.2, 0) is 14.8 Å². The third kappa shape index (κ3) is 6.13. The van der Waals surface area contributed by atoms with Crippen molar-refractivity contribution >= 4 is 38.9 Å². The van der Waals surface area contributed by atoms with Gasteiger partial charge >= 0.3 is 0 Å². The van der Waals surface area contributed by atoms with Gasteiger partial charge in [0, 0.05) is 10.7 Å². The highest BCUT2D eigenvalue weighted by molar-refractivity contribution is 7.92. The smallest absolute Gasteiger partial charge is 0.265 e. The number of ether oxygens (including phenoxy) is 2. The summed E-state index contributed by atoms with van der Waals surface area (Å²) in [6, 6.07) is 19.1. The number of carbonyl (C=O) groups is 1. The van der Waals surface area contributed by atoms with E-state index in [2.05, 4.69) is 10.0 Å². The Morgan fingerprint density at radius 2 is 1.58 bits per heavy atom. The zero-order valence-corrected chi connectivity index (χ0v) is 18.4. The monoisotopic (exact) mass is 460 g/mol. The molecule has 9 heteroatoms. The van der Waals surface area contributed by atoms with Gasteiger partial charge < -0.3 is 14.8 Å². The summed E-state index contributed by atoms with van der Waals surface area (Å²) >= 11 is 5.89. The molecule has 0 spiro atoms. The number of amides is 1. The summed E-state index contributed by atoms with van der Waals surface area (Å²) in [4.78, 5) is 12.4. The second-order valence-corrected chi connectivity index (χ2v) is 8.68. The first-order valence-electron chi connectivity index (χ1n) is 9.27. The number of methoxy groups -OCH3 is 1. The first-order valence-corrected chi connectivity index (χ1v) is 11.1. The number of sulfonamides is 1. The van der Waals surface area contributed by atoms with Crippen LogP contribution in [0, 0.1) is 0 Å². The molecule has 3 aromatic rings. The lowest BCUT2D eigenvalue weighted by molar-refractivity contribution is -0.122. The van der Waals surface area contributed by atoms with Crippen molar-refractivity contribution in [3.8, 4) is 11.5 Å². The van der Waals surface area contributed by atoms with Crippen LogP contribution < -0.4 is 19.5 Å². The predicted octanol–water partition coefficient (Wildman–Crippen LogP) is 4.56. The standard InChI is InChI=1S/C22H21ClN2O5S/c1-15(30-20-10-8-19(29-2)9-11-20)22(26)24-17-6-12-21(13-7-17)31(27,28)25-18-5-3-4-16(23)14-18/h3-15,25H,1-2H3,(H,24,26). The lowest BCUT2D eigenvalue weighted by Gasteiger charge is -2.15. The molecule has 0 aliphatic rings. The SMILES string of the molecule is COc1ccc(OC(C)C(=O)Nc2ccc(S(=O)(=O)Nc3cccc(Cl)c3)cc2)cc1. The van der Waals surface area contributed by atoms with E-state index in [1.165, 1.54) is 30.3 Å². The summed E-state index contributed by atoms with van der Waals surface area (Å²) in [7, 11) is -2.23. The minimum Gasteiger partial charge on any atom is -0.497 e. The van der Waals surface area contributed by atoms with Crippen LogP contribution in [-0.4, -0.2) is 27.5 Å². The first-order chi connectivity index (χ1) is 14.8. The lowest BCUT2D eigenvalue weighted by Crippen LogP contribution is -2.30. The van der Waals surface area contributed by atoms with E-state index in [1.54, 1.807) is 56.5 Å².